The molecule has 79 heavy (non-hydrogen) atoms. The highest BCUT2D eigenvalue weighted by Crippen LogP contribution is 2.42. The van der Waals surface area contributed by atoms with Gasteiger partial charge in [0.2, 0.25) is 0 Å². The molecule has 3 aliphatic rings. The molecule has 3 aliphatic carbocycles. The van der Waals surface area contributed by atoms with Gasteiger partial charge in [-0.05, 0) is 124 Å². The lowest BCUT2D eigenvalue weighted by molar-refractivity contribution is -0.139. The number of allylic oxidation sites excluding steroid dienone is 2. The van der Waals surface area contributed by atoms with Gasteiger partial charge in [0.1, 0.15) is 35.7 Å². The molecule has 13 nitrogen and oxygen atoms in total. The number of nitrogens with zero attached hydrogens (tertiary/aromatic N) is 6. The fourth-order valence-electron chi connectivity index (χ4n) is 9.79. The van der Waals surface area contributed by atoms with Gasteiger partial charge in [0, 0.05) is 17.1 Å². The normalized spacial score (nSPS) is 14.8. The molecule has 0 aliphatic heterocycles. The van der Waals surface area contributed by atoms with E-state index in [0.29, 0.717) is 12.8 Å². The smallest absolute Gasteiger partial charge is 0.400 e. The van der Waals surface area contributed by atoms with Gasteiger partial charge in [0.05, 0.1) is 66.1 Å². The number of fused-ring (bicyclic) bond motifs is 3. The molecule has 3 saturated carbocycles. The predicted molar refractivity (Wildman–Crippen MR) is 287 cm³/mol. The number of hydrogen-bond donors (Lipinski definition) is 4. The van der Waals surface area contributed by atoms with Crippen molar-refractivity contribution < 1.29 is 44.6 Å². The Hall–Kier alpha value is -7.16. The summed E-state index contributed by atoms with van der Waals surface area (Å²) in [4.78, 5) is 55.3. The van der Waals surface area contributed by atoms with Gasteiger partial charge in [0.15, 0.2) is 0 Å². The molecule has 3 fully saturated rings. The number of aliphatic hydroxyl groups is 1. The first-order valence-corrected chi connectivity index (χ1v) is 25.7. The second-order valence-electron chi connectivity index (χ2n) is 19.0. The number of rotatable bonds is 3. The molecule has 0 saturated heterocycles. The third-order valence-electron chi connectivity index (χ3n) is 13.3. The van der Waals surface area contributed by atoms with Crippen molar-refractivity contribution in [1.82, 2.24) is 29.9 Å². The van der Waals surface area contributed by atoms with Gasteiger partial charge in [-0.3, -0.25) is 14.4 Å². The molecule has 422 valence electrons. The molecule has 3 aromatic carbocycles. The second-order valence-corrected chi connectivity index (χ2v) is 19.7. The Kier molecular flexibility index (Phi) is 22.5. The standard InChI is InChI=1S/C18H18F3N3O.C18H16F3N3O.C11H5BrF3N3O.C7H12.CH4O.CH4/c2*1-10-23-15-8-14(18(19,20)21)12(7-11-5-3-2-4-6-11)13(9-22)16(15)17(25)24-10;1-4-17-7-2-6(11(13,14)15)9(12)5(3-16)8(7)10(19)18-4;1-7-5-3-2-4-6-7;1-2;/h8,11H,2-7H2,1H3,(H,23,24,25);7-8H,2-6H2,1H3,(H,23,24,25);2H,1H3,(H,17,18,19);1-6H2;2H,1H3;1H4. The molecule has 0 atom stereocenters. The summed E-state index contributed by atoms with van der Waals surface area (Å²) in [5.74, 6) is 0.705. The molecule has 23 heteroatoms. The quantitative estimate of drug-likeness (QED) is 0.0967. The average molecular weight is 1170 g/mol. The van der Waals surface area contributed by atoms with Crippen LogP contribution in [-0.2, 0) is 24.9 Å². The van der Waals surface area contributed by atoms with Gasteiger partial charge >= 0.3 is 18.5 Å². The van der Waals surface area contributed by atoms with E-state index in [-0.39, 0.29) is 97.8 Å². The fourth-order valence-corrected chi connectivity index (χ4v) is 10.4. The Morgan fingerprint density at radius 2 is 0.962 bits per heavy atom. The number of benzene rings is 3. The van der Waals surface area contributed by atoms with Crippen LogP contribution in [0, 0.1) is 60.7 Å². The third-order valence-corrected chi connectivity index (χ3v) is 14.1. The molecule has 0 bridgehead atoms. The van der Waals surface area contributed by atoms with Crippen LogP contribution in [0.25, 0.3) is 38.8 Å². The summed E-state index contributed by atoms with van der Waals surface area (Å²) in [6.07, 6.45) is 3.61. The Morgan fingerprint density at radius 3 is 1.35 bits per heavy atom. The number of H-pyrrole nitrogens is 3. The summed E-state index contributed by atoms with van der Waals surface area (Å²) in [7, 11) is 1.00. The van der Waals surface area contributed by atoms with Crippen molar-refractivity contribution >= 4 is 54.7 Å². The van der Waals surface area contributed by atoms with Crippen molar-refractivity contribution in [2.45, 2.75) is 149 Å². The van der Waals surface area contributed by atoms with E-state index in [2.05, 4.69) is 52.4 Å². The highest BCUT2D eigenvalue weighted by atomic mass is 79.9. The van der Waals surface area contributed by atoms with Crippen molar-refractivity contribution in [1.29, 1.82) is 15.8 Å². The molecule has 3 heterocycles. The van der Waals surface area contributed by atoms with E-state index in [1.807, 2.05) is 6.07 Å². The van der Waals surface area contributed by atoms with E-state index in [1.54, 1.807) is 12.1 Å². The molecule has 4 N–H and O–H groups in total. The SMILES string of the molecule is C.C=C1CCCCC1.CO.Cc1nc2cc(C(F)(F)F)c(Br)c(C#N)c2c(=O)[nH]1.Cc1nc2cc(C(F)(F)F)c(C=C3CCCCC3)c(C#N)c2c(=O)[nH]1.Cc1nc2cc(C(F)(F)F)c(CC3CCCCC3)c(C#N)c2c(=O)[nH]1. The van der Waals surface area contributed by atoms with Gasteiger partial charge in [-0.1, -0.05) is 76.2 Å². The molecule has 6 aromatic rings. The molecule has 3 aromatic heterocycles. The molecule has 9 rings (SSSR count). The number of aliphatic hydroxyl groups excluding tert-OH is 1. The number of hydrogen-bond acceptors (Lipinski definition) is 10. The number of aromatic amines is 3. The first kappa shape index (κ1) is 64.4. The molecule has 0 spiro atoms. The number of nitrogens with one attached hydrogen (secondary N) is 3. The fraction of sp³-hybridized carbons (Fsp3) is 0.446. The van der Waals surface area contributed by atoms with E-state index < -0.39 is 56.4 Å². The number of alkyl halides is 9. The number of nitriles is 3. The highest BCUT2D eigenvalue weighted by Gasteiger charge is 2.39. The molecular formula is C56H59BrF9N9O4. The number of halogens is 10. The van der Waals surface area contributed by atoms with Crippen LogP contribution in [0.3, 0.4) is 0 Å². The molecular weight excluding hydrogens is 1110 g/mol. The van der Waals surface area contributed by atoms with Crippen LogP contribution in [0.2, 0.25) is 0 Å². The van der Waals surface area contributed by atoms with Gasteiger partial charge < -0.3 is 20.1 Å². The minimum absolute atomic E-state index is 0. The average Bonchev–Trinajstić information content (AvgIpc) is 3.52. The second kappa shape index (κ2) is 27.6. The van der Waals surface area contributed by atoms with Crippen molar-refractivity contribution in [2.75, 3.05) is 7.11 Å². The first-order valence-electron chi connectivity index (χ1n) is 24.9. The van der Waals surface area contributed by atoms with Crippen LogP contribution in [0.15, 0.2) is 54.8 Å². The van der Waals surface area contributed by atoms with E-state index in [4.69, 9.17) is 10.4 Å². The minimum atomic E-state index is -4.64. The van der Waals surface area contributed by atoms with E-state index in [1.165, 1.54) is 64.5 Å². The summed E-state index contributed by atoms with van der Waals surface area (Å²) >= 11 is 2.73. The predicted octanol–water partition coefficient (Wildman–Crippen LogP) is 14.4. The van der Waals surface area contributed by atoms with Gasteiger partial charge in [-0.2, -0.15) is 55.3 Å². The lowest BCUT2D eigenvalue weighted by Crippen LogP contribution is -2.19. The molecule has 0 unspecified atom stereocenters. The topological polar surface area (TPSA) is 229 Å². The van der Waals surface area contributed by atoms with Crippen LogP contribution in [0.4, 0.5) is 39.5 Å². The summed E-state index contributed by atoms with van der Waals surface area (Å²) in [6.45, 7) is 8.34. The van der Waals surface area contributed by atoms with Crippen LogP contribution in [-0.4, -0.2) is 42.1 Å². The monoisotopic (exact) mass is 1170 g/mol. The Morgan fingerprint density at radius 1 is 0.595 bits per heavy atom. The van der Waals surface area contributed by atoms with Gasteiger partial charge in [0.25, 0.3) is 16.7 Å². The number of aromatic nitrogens is 6. The zero-order chi connectivity index (χ0) is 57.9. The maximum Gasteiger partial charge on any atom is 0.417 e. The van der Waals surface area contributed by atoms with Crippen molar-refractivity contribution in [3.63, 3.8) is 0 Å². The summed E-state index contributed by atoms with van der Waals surface area (Å²) < 4.78 is 120. The molecule has 0 amide bonds. The maximum absolute atomic E-state index is 13.6. The molecule has 0 radical (unpaired) electrons. The van der Waals surface area contributed by atoms with Crippen LogP contribution >= 0.6 is 15.9 Å². The largest absolute Gasteiger partial charge is 0.417 e. The Bertz CT molecular complexity index is 3540. The van der Waals surface area contributed by atoms with Crippen LogP contribution < -0.4 is 16.7 Å². The van der Waals surface area contributed by atoms with E-state index in [9.17, 15) is 64.4 Å². The Balaban J connectivity index is 0.000000237. The van der Waals surface area contributed by atoms with E-state index >= 15 is 0 Å². The summed E-state index contributed by atoms with van der Waals surface area (Å²) in [5.41, 5.74) is -3.76. The van der Waals surface area contributed by atoms with Crippen LogP contribution in [0.1, 0.15) is 166 Å². The van der Waals surface area contributed by atoms with Gasteiger partial charge in [-0.25, -0.2) is 15.0 Å². The first-order chi connectivity index (χ1) is 36.8. The van der Waals surface area contributed by atoms with Crippen molar-refractivity contribution in [3.05, 3.63) is 133 Å². The Labute approximate surface area is 457 Å². The minimum Gasteiger partial charge on any atom is -0.400 e. The zero-order valence-corrected chi connectivity index (χ0v) is 44.6. The number of aryl methyl sites for hydroxylation is 3. The highest BCUT2D eigenvalue weighted by molar-refractivity contribution is 9.10. The summed E-state index contributed by atoms with van der Waals surface area (Å²) in [5, 5.41) is 34.7. The van der Waals surface area contributed by atoms with Gasteiger partial charge in [-0.15, -0.1) is 0 Å². The lowest BCUT2D eigenvalue weighted by atomic mass is 9.82. The summed E-state index contributed by atoms with van der Waals surface area (Å²) in [6, 6.07) is 7.78. The van der Waals surface area contributed by atoms with Crippen molar-refractivity contribution in [3.8, 4) is 18.2 Å². The lowest BCUT2D eigenvalue weighted by Gasteiger charge is -2.24. The zero-order valence-electron chi connectivity index (χ0n) is 43.0. The third kappa shape index (κ3) is 16.0. The maximum atomic E-state index is 13.6. The van der Waals surface area contributed by atoms with Crippen molar-refractivity contribution in [2.24, 2.45) is 5.92 Å². The van der Waals surface area contributed by atoms with Crippen LogP contribution in [0.5, 0.6) is 0 Å². The van der Waals surface area contributed by atoms with E-state index in [0.717, 1.165) is 82.2 Å².